The Morgan fingerprint density at radius 2 is 2.00 bits per heavy atom. The maximum Gasteiger partial charge on any atom is 0.229 e. The third-order valence-electron chi connectivity index (χ3n) is 4.20. The van der Waals surface area contributed by atoms with Crippen molar-refractivity contribution in [3.63, 3.8) is 0 Å². The van der Waals surface area contributed by atoms with Crippen molar-refractivity contribution in [1.82, 2.24) is 0 Å². The van der Waals surface area contributed by atoms with Gasteiger partial charge in [0.05, 0.1) is 16.5 Å². The standard InChI is InChI=1S/C19H16ClN3O2/c1-12-2-6-16(7-3-12)23-11-14(8-18(23)24)19(25)22-15-5-4-13(10-21)17(20)9-15/h2-7,9,14H,8,11H2,1H3,(H,22,25). The summed E-state index contributed by atoms with van der Waals surface area (Å²) in [5.74, 6) is -0.728. The molecule has 2 amide bonds. The molecule has 0 aromatic heterocycles. The minimum atomic E-state index is -0.428. The highest BCUT2D eigenvalue weighted by molar-refractivity contribution is 6.32. The summed E-state index contributed by atoms with van der Waals surface area (Å²) < 4.78 is 0. The van der Waals surface area contributed by atoms with Crippen molar-refractivity contribution < 1.29 is 9.59 Å². The number of carbonyl (C=O) groups excluding carboxylic acids is 2. The third kappa shape index (κ3) is 3.65. The van der Waals surface area contributed by atoms with E-state index in [1.807, 2.05) is 37.3 Å². The molecular weight excluding hydrogens is 338 g/mol. The smallest absolute Gasteiger partial charge is 0.229 e. The number of amides is 2. The first kappa shape index (κ1) is 17.0. The molecular formula is C19H16ClN3O2. The fourth-order valence-electron chi connectivity index (χ4n) is 2.79. The summed E-state index contributed by atoms with van der Waals surface area (Å²) >= 11 is 5.98. The number of rotatable bonds is 3. The lowest BCUT2D eigenvalue weighted by molar-refractivity contribution is -0.122. The zero-order valence-electron chi connectivity index (χ0n) is 13.6. The lowest BCUT2D eigenvalue weighted by atomic mass is 10.1. The highest BCUT2D eigenvalue weighted by Gasteiger charge is 2.35. The van der Waals surface area contributed by atoms with Crippen LogP contribution in [0.15, 0.2) is 42.5 Å². The Morgan fingerprint density at radius 1 is 1.28 bits per heavy atom. The maximum absolute atomic E-state index is 12.5. The Bertz CT molecular complexity index is 871. The van der Waals surface area contributed by atoms with Gasteiger partial charge >= 0.3 is 0 Å². The van der Waals surface area contributed by atoms with Gasteiger partial charge < -0.3 is 10.2 Å². The van der Waals surface area contributed by atoms with Gasteiger partial charge in [-0.25, -0.2) is 0 Å². The molecule has 0 bridgehead atoms. The van der Waals surface area contributed by atoms with Crippen molar-refractivity contribution in [2.75, 3.05) is 16.8 Å². The maximum atomic E-state index is 12.5. The Kier molecular flexibility index (Phi) is 4.73. The van der Waals surface area contributed by atoms with Crippen molar-refractivity contribution in [3.8, 4) is 6.07 Å². The first-order valence-electron chi connectivity index (χ1n) is 7.85. The minimum Gasteiger partial charge on any atom is -0.326 e. The van der Waals surface area contributed by atoms with Crippen LogP contribution in [0.4, 0.5) is 11.4 Å². The van der Waals surface area contributed by atoms with E-state index in [2.05, 4.69) is 5.32 Å². The molecule has 0 spiro atoms. The van der Waals surface area contributed by atoms with E-state index >= 15 is 0 Å². The van der Waals surface area contributed by atoms with E-state index in [4.69, 9.17) is 16.9 Å². The zero-order valence-corrected chi connectivity index (χ0v) is 14.4. The van der Waals surface area contributed by atoms with E-state index in [-0.39, 0.29) is 23.3 Å². The van der Waals surface area contributed by atoms with Crippen LogP contribution in [0, 0.1) is 24.2 Å². The van der Waals surface area contributed by atoms with Gasteiger partial charge in [0.2, 0.25) is 11.8 Å². The van der Waals surface area contributed by atoms with Crippen LogP contribution in [-0.2, 0) is 9.59 Å². The lowest BCUT2D eigenvalue weighted by Crippen LogP contribution is -2.28. The number of benzene rings is 2. The van der Waals surface area contributed by atoms with Crippen LogP contribution >= 0.6 is 11.6 Å². The molecule has 3 rings (SSSR count). The van der Waals surface area contributed by atoms with Crippen molar-refractivity contribution in [3.05, 3.63) is 58.6 Å². The fourth-order valence-corrected chi connectivity index (χ4v) is 3.01. The molecule has 2 aromatic rings. The topological polar surface area (TPSA) is 73.2 Å². The molecule has 1 N–H and O–H groups in total. The first-order valence-corrected chi connectivity index (χ1v) is 8.23. The highest BCUT2D eigenvalue weighted by Crippen LogP contribution is 2.27. The Morgan fingerprint density at radius 3 is 2.64 bits per heavy atom. The predicted octanol–water partition coefficient (Wildman–Crippen LogP) is 3.51. The van der Waals surface area contributed by atoms with Crippen LogP contribution < -0.4 is 10.2 Å². The summed E-state index contributed by atoms with van der Waals surface area (Å²) in [5.41, 5.74) is 2.77. The number of carbonyl (C=O) groups is 2. The highest BCUT2D eigenvalue weighted by atomic mass is 35.5. The molecule has 6 heteroatoms. The van der Waals surface area contributed by atoms with Crippen molar-refractivity contribution in [2.24, 2.45) is 5.92 Å². The summed E-state index contributed by atoms with van der Waals surface area (Å²) in [4.78, 5) is 26.3. The number of anilines is 2. The molecule has 25 heavy (non-hydrogen) atoms. The first-order chi connectivity index (χ1) is 12.0. The minimum absolute atomic E-state index is 0.0677. The third-order valence-corrected chi connectivity index (χ3v) is 4.51. The van der Waals surface area contributed by atoms with Crippen LogP contribution in [0.1, 0.15) is 17.5 Å². The molecule has 0 radical (unpaired) electrons. The van der Waals surface area contributed by atoms with Crippen molar-refractivity contribution in [1.29, 1.82) is 5.26 Å². The van der Waals surface area contributed by atoms with Gasteiger partial charge in [-0.1, -0.05) is 29.3 Å². The van der Waals surface area contributed by atoms with E-state index < -0.39 is 5.92 Å². The summed E-state index contributed by atoms with van der Waals surface area (Å²) in [7, 11) is 0. The molecule has 1 saturated heterocycles. The molecule has 0 saturated carbocycles. The van der Waals surface area contributed by atoms with Crippen molar-refractivity contribution in [2.45, 2.75) is 13.3 Å². The molecule has 2 aromatic carbocycles. The van der Waals surface area contributed by atoms with Gasteiger partial charge in [0.25, 0.3) is 0 Å². The second kappa shape index (κ2) is 6.96. The van der Waals surface area contributed by atoms with E-state index in [1.54, 1.807) is 17.0 Å². The number of halogens is 1. The van der Waals surface area contributed by atoms with Gasteiger partial charge in [-0.15, -0.1) is 0 Å². The number of nitriles is 1. The van der Waals surface area contributed by atoms with Crippen molar-refractivity contribution >= 4 is 34.8 Å². The second-order valence-corrected chi connectivity index (χ2v) is 6.44. The van der Waals surface area contributed by atoms with E-state index in [9.17, 15) is 9.59 Å². The molecule has 126 valence electrons. The number of hydrogen-bond donors (Lipinski definition) is 1. The Labute approximate surface area is 150 Å². The molecule has 1 atom stereocenters. The van der Waals surface area contributed by atoms with Crippen LogP contribution in [-0.4, -0.2) is 18.4 Å². The number of aryl methyl sites for hydroxylation is 1. The van der Waals surface area contributed by atoms with E-state index in [1.165, 1.54) is 6.07 Å². The van der Waals surface area contributed by atoms with Gasteiger partial charge in [-0.3, -0.25) is 9.59 Å². The number of nitrogens with zero attached hydrogens (tertiary/aromatic N) is 2. The summed E-state index contributed by atoms with van der Waals surface area (Å²) in [6, 6.07) is 14.3. The van der Waals surface area contributed by atoms with Crippen LogP contribution in [0.2, 0.25) is 5.02 Å². The molecule has 1 fully saturated rings. The van der Waals surface area contributed by atoms with Gasteiger partial charge in [0.15, 0.2) is 0 Å². The molecule has 0 aliphatic carbocycles. The molecule has 1 unspecified atom stereocenters. The number of nitrogens with one attached hydrogen (secondary N) is 1. The van der Waals surface area contributed by atoms with Gasteiger partial charge in [0, 0.05) is 24.3 Å². The largest absolute Gasteiger partial charge is 0.326 e. The van der Waals surface area contributed by atoms with Gasteiger partial charge in [-0.05, 0) is 37.3 Å². The average molecular weight is 354 g/mol. The fraction of sp³-hybridized carbons (Fsp3) is 0.211. The Hall–Kier alpha value is -2.84. The van der Waals surface area contributed by atoms with Crippen LogP contribution in [0.3, 0.4) is 0 Å². The molecule has 1 heterocycles. The average Bonchev–Trinajstić information content (AvgIpc) is 2.98. The molecule has 5 nitrogen and oxygen atoms in total. The second-order valence-electron chi connectivity index (χ2n) is 6.04. The summed E-state index contributed by atoms with van der Waals surface area (Å²) in [5, 5.41) is 11.9. The van der Waals surface area contributed by atoms with Crippen LogP contribution in [0.5, 0.6) is 0 Å². The quantitative estimate of drug-likeness (QED) is 0.917. The van der Waals surface area contributed by atoms with Crippen LogP contribution in [0.25, 0.3) is 0 Å². The SMILES string of the molecule is Cc1ccc(N2CC(C(=O)Nc3ccc(C#N)c(Cl)c3)CC2=O)cc1. The molecule has 1 aliphatic rings. The number of hydrogen-bond acceptors (Lipinski definition) is 3. The summed E-state index contributed by atoms with van der Waals surface area (Å²) in [6.45, 7) is 2.33. The zero-order chi connectivity index (χ0) is 18.0. The van der Waals surface area contributed by atoms with E-state index in [0.29, 0.717) is 17.8 Å². The normalized spacial score (nSPS) is 16.6. The monoisotopic (exact) mass is 353 g/mol. The molecule has 1 aliphatic heterocycles. The predicted molar refractivity (Wildman–Crippen MR) is 96.4 cm³/mol. The van der Waals surface area contributed by atoms with E-state index in [0.717, 1.165) is 11.3 Å². The van der Waals surface area contributed by atoms with Gasteiger partial charge in [-0.2, -0.15) is 5.26 Å². The Balaban J connectivity index is 1.69. The lowest BCUT2D eigenvalue weighted by Gasteiger charge is -2.17. The van der Waals surface area contributed by atoms with Gasteiger partial charge in [0.1, 0.15) is 6.07 Å². The summed E-state index contributed by atoms with van der Waals surface area (Å²) in [6.07, 6.45) is 0.170.